The number of fused-ring (bicyclic) bond motifs is 5. The van der Waals surface area contributed by atoms with Crippen molar-refractivity contribution in [1.29, 1.82) is 0 Å². The fourth-order valence-electron chi connectivity index (χ4n) is 6.59. The molecule has 0 saturated heterocycles. The fraction of sp³-hybridized carbons (Fsp3) is 0.958. The maximum absolute atomic E-state index is 12.5. The molecule has 7 nitrogen and oxygen atoms in total. The van der Waals surface area contributed by atoms with Gasteiger partial charge in [-0.15, -0.1) is 0 Å². The molecule has 0 amide bonds. The topological polar surface area (TPSA) is 121 Å². The summed E-state index contributed by atoms with van der Waals surface area (Å²) in [5.74, 6) is -10.2. The largest absolute Gasteiger partial charge is 0.397 e. The van der Waals surface area contributed by atoms with Gasteiger partial charge in [-0.3, -0.25) is 9.35 Å². The average molecular weight is 484 g/mol. The second kappa shape index (κ2) is 8.59. The van der Waals surface area contributed by atoms with Crippen LogP contribution < -0.4 is 0 Å². The molecule has 0 aliphatic heterocycles. The number of rotatable bonds is 6. The van der Waals surface area contributed by atoms with E-state index < -0.39 is 107 Å². The maximum atomic E-state index is 12.5. The van der Waals surface area contributed by atoms with Crippen LogP contribution in [-0.4, -0.2) is 47.7 Å². The predicted molar refractivity (Wildman–Crippen MR) is 119 cm³/mol. The SMILES string of the molecule is [2H]C([2H])(CC([2H])([2H])[C@@H](C)[C@H]1CC[C@H]2[C@@]3([2H])[C@H](C([2H])([2H])[C@]([2H])(O)[C@]12C)[C@@]1(C)CCC(=O)C[C@@H]1C([2H])([2H])[C@@]3([2H])O)OS(=O)(=O)O. The van der Waals surface area contributed by atoms with Gasteiger partial charge in [-0.25, -0.2) is 4.18 Å². The zero-order valence-electron chi connectivity index (χ0n) is 29.5. The van der Waals surface area contributed by atoms with Crippen LogP contribution in [0.3, 0.4) is 0 Å². The molecule has 4 aliphatic rings. The van der Waals surface area contributed by atoms with Gasteiger partial charge in [-0.05, 0) is 91.1 Å². The summed E-state index contributed by atoms with van der Waals surface area (Å²) in [5, 5.41) is 23.8. The van der Waals surface area contributed by atoms with Crippen molar-refractivity contribution in [2.75, 3.05) is 6.56 Å². The second-order valence-electron chi connectivity index (χ2n) is 10.0. The van der Waals surface area contributed by atoms with Crippen LogP contribution in [0.25, 0.3) is 0 Å². The minimum absolute atomic E-state index is 0.0754. The van der Waals surface area contributed by atoms with Crippen molar-refractivity contribution in [1.82, 2.24) is 0 Å². The lowest BCUT2D eigenvalue weighted by atomic mass is 9.43. The highest BCUT2D eigenvalue weighted by atomic mass is 32.3. The lowest BCUT2D eigenvalue weighted by Crippen LogP contribution is -2.62. The van der Waals surface area contributed by atoms with E-state index in [0.717, 1.165) is 0 Å². The van der Waals surface area contributed by atoms with Gasteiger partial charge in [0.25, 0.3) is 0 Å². The Kier molecular flexibility index (Phi) is 3.79. The minimum Gasteiger partial charge on any atom is -0.393 e. The zero-order chi connectivity index (χ0) is 33.4. The Hall–Kier alpha value is -0.540. The van der Waals surface area contributed by atoms with E-state index in [-0.39, 0.29) is 31.5 Å². The fourth-order valence-corrected chi connectivity index (χ4v) is 6.80. The molecule has 32 heavy (non-hydrogen) atoms. The summed E-state index contributed by atoms with van der Waals surface area (Å²) in [6.45, 7) is 0.778. The van der Waals surface area contributed by atoms with Crippen molar-refractivity contribution < 1.29 is 47.2 Å². The molecule has 0 aromatic heterocycles. The number of Topliss-reactive ketones (excluding diaryl/α,β-unsaturated/α-hetero) is 1. The molecule has 10 atom stereocenters. The third-order valence-electron chi connectivity index (χ3n) is 8.42. The van der Waals surface area contributed by atoms with Crippen molar-refractivity contribution in [2.45, 2.75) is 90.6 Å². The van der Waals surface area contributed by atoms with Crippen LogP contribution in [0.5, 0.6) is 0 Å². The molecule has 4 saturated carbocycles. The van der Waals surface area contributed by atoms with E-state index >= 15 is 0 Å². The van der Waals surface area contributed by atoms with Crippen molar-refractivity contribution in [3.63, 3.8) is 0 Å². The lowest BCUT2D eigenvalue weighted by molar-refractivity contribution is -0.201. The molecule has 4 aliphatic carbocycles. The summed E-state index contributed by atoms with van der Waals surface area (Å²) in [5.41, 5.74) is -3.65. The van der Waals surface area contributed by atoms with E-state index in [9.17, 15) is 28.9 Å². The molecular formula is C24H40O7S. The van der Waals surface area contributed by atoms with Crippen LogP contribution in [0.2, 0.25) is 0 Å². The number of hydrogen-bond acceptors (Lipinski definition) is 6. The van der Waals surface area contributed by atoms with Gasteiger partial charge >= 0.3 is 10.4 Å². The summed E-state index contributed by atoms with van der Waals surface area (Å²) < 4.78 is 132. The Morgan fingerprint density at radius 2 is 2.00 bits per heavy atom. The standard InChI is InChI=1S/C24H40O7S/c1-14(5-4-10-31-32(28,29)30)17-6-7-18-22-19(13-21(27)24(17,18)3)23(2)9-8-16(25)11-15(23)12-20(22)26/h14-15,17-22,26-27H,4-13H2,1-3H3,(H,28,29,30)/t14-,15-,17-,18+,19+,20-,21+,22+,23+,24-/m1/s1/i5D2,10D2,12D2,13D2,20D,21D,22D. The van der Waals surface area contributed by atoms with Crippen molar-refractivity contribution in [3.8, 4) is 0 Å². The molecule has 184 valence electrons. The van der Waals surface area contributed by atoms with Gasteiger partial charge < -0.3 is 10.2 Å². The Bertz CT molecular complexity index is 1290. The maximum Gasteiger partial charge on any atom is 0.397 e. The van der Waals surface area contributed by atoms with Gasteiger partial charge in [0, 0.05) is 22.4 Å². The first-order chi connectivity index (χ1) is 18.9. The number of aliphatic hydroxyl groups is 2. The van der Waals surface area contributed by atoms with Crippen molar-refractivity contribution in [3.05, 3.63) is 0 Å². The number of carbonyl (C=O) groups is 1. The molecule has 0 bridgehead atoms. The van der Waals surface area contributed by atoms with Crippen LogP contribution in [0, 0.1) is 46.3 Å². The van der Waals surface area contributed by atoms with E-state index in [1.807, 2.05) is 0 Å². The van der Waals surface area contributed by atoms with Gasteiger partial charge in [0.2, 0.25) is 0 Å². The van der Waals surface area contributed by atoms with Crippen molar-refractivity contribution >= 4 is 16.2 Å². The summed E-state index contributed by atoms with van der Waals surface area (Å²) >= 11 is 0. The monoisotopic (exact) mass is 483 g/mol. The van der Waals surface area contributed by atoms with Crippen LogP contribution in [0.4, 0.5) is 0 Å². The van der Waals surface area contributed by atoms with Gasteiger partial charge in [-0.2, -0.15) is 8.42 Å². The highest BCUT2D eigenvalue weighted by Crippen LogP contribution is 2.68. The molecule has 8 heteroatoms. The Morgan fingerprint density at radius 1 is 1.28 bits per heavy atom. The summed E-state index contributed by atoms with van der Waals surface area (Å²) in [6.07, 6.45) is -17.2. The minimum atomic E-state index is -5.32. The third kappa shape index (κ3) is 4.08. The van der Waals surface area contributed by atoms with Gasteiger partial charge in [-0.1, -0.05) is 20.8 Å². The normalized spacial score (nSPS) is 63.4. The molecular weight excluding hydrogens is 432 g/mol. The van der Waals surface area contributed by atoms with E-state index in [1.165, 1.54) is 20.8 Å². The van der Waals surface area contributed by atoms with Gasteiger partial charge in [0.15, 0.2) is 0 Å². The second-order valence-corrected chi connectivity index (χ2v) is 11.0. The summed E-state index contributed by atoms with van der Waals surface area (Å²) in [7, 11) is -5.32. The summed E-state index contributed by atoms with van der Waals surface area (Å²) in [6, 6.07) is 0. The highest BCUT2D eigenvalue weighted by Gasteiger charge is 2.65. The predicted octanol–water partition coefficient (Wildman–Crippen LogP) is 3.39. The van der Waals surface area contributed by atoms with Crippen LogP contribution in [-0.2, 0) is 19.4 Å². The molecule has 0 aromatic rings. The Balaban J connectivity index is 1.89. The molecule has 0 heterocycles. The first-order valence-corrected chi connectivity index (χ1v) is 12.4. The van der Waals surface area contributed by atoms with E-state index in [4.69, 9.17) is 14.1 Å². The zero-order valence-corrected chi connectivity index (χ0v) is 19.3. The molecule has 0 unspecified atom stereocenters. The number of ketones is 1. The molecule has 0 aromatic carbocycles. The van der Waals surface area contributed by atoms with E-state index in [0.29, 0.717) is 0 Å². The van der Waals surface area contributed by atoms with Gasteiger partial charge in [0.05, 0.1) is 24.2 Å². The van der Waals surface area contributed by atoms with Gasteiger partial charge in [0.1, 0.15) is 5.78 Å². The number of hydrogen-bond donors (Lipinski definition) is 3. The first-order valence-electron chi connectivity index (χ1n) is 16.5. The molecule has 4 rings (SSSR count). The first kappa shape index (κ1) is 14.1. The molecule has 0 spiro atoms. The van der Waals surface area contributed by atoms with E-state index in [1.54, 1.807) is 0 Å². The number of carbonyl (C=O) groups excluding carboxylic acids is 1. The highest BCUT2D eigenvalue weighted by molar-refractivity contribution is 7.80. The quantitative estimate of drug-likeness (QED) is 0.495. The Morgan fingerprint density at radius 3 is 2.69 bits per heavy atom. The molecule has 0 radical (unpaired) electrons. The third-order valence-corrected chi connectivity index (χ3v) is 8.74. The van der Waals surface area contributed by atoms with Crippen LogP contribution in [0.15, 0.2) is 0 Å². The average Bonchev–Trinajstić information content (AvgIpc) is 3.15. The molecule has 3 N–H and O–H groups in total. The lowest BCUT2D eigenvalue weighted by Gasteiger charge is -2.63. The summed E-state index contributed by atoms with van der Waals surface area (Å²) in [4.78, 5) is 12.5. The Labute approximate surface area is 207 Å². The van der Waals surface area contributed by atoms with Crippen LogP contribution >= 0.6 is 0 Å². The molecule has 4 fully saturated rings. The van der Waals surface area contributed by atoms with Crippen LogP contribution in [0.1, 0.15) is 93.5 Å². The van der Waals surface area contributed by atoms with Crippen molar-refractivity contribution in [2.24, 2.45) is 46.3 Å². The van der Waals surface area contributed by atoms with E-state index in [2.05, 4.69) is 4.18 Å². The smallest absolute Gasteiger partial charge is 0.393 e.